The molecule has 1 atom stereocenters. The number of nitrogens with two attached hydrogens (primary N) is 1. The van der Waals surface area contributed by atoms with Crippen molar-refractivity contribution in [2.45, 2.75) is 50.6 Å². The van der Waals surface area contributed by atoms with Crippen LogP contribution in [0.5, 0.6) is 0 Å². The van der Waals surface area contributed by atoms with Gasteiger partial charge in [0.1, 0.15) is 17.4 Å². The second kappa shape index (κ2) is 5.56. The maximum absolute atomic E-state index is 15.1. The zero-order valence-corrected chi connectivity index (χ0v) is 15.5. The maximum Gasteiger partial charge on any atom is 0.269 e. The first-order chi connectivity index (χ1) is 12.9. The summed E-state index contributed by atoms with van der Waals surface area (Å²) in [6.07, 6.45) is 4.96. The molecule has 1 aliphatic heterocycles. The molecule has 1 saturated heterocycles. The van der Waals surface area contributed by atoms with Gasteiger partial charge in [-0.3, -0.25) is 4.79 Å². The molecule has 0 spiro atoms. The molecule has 1 aromatic carbocycles. The van der Waals surface area contributed by atoms with Crippen LogP contribution in [0.2, 0.25) is 0 Å². The molecule has 140 valence electrons. The Bertz CT molecular complexity index is 1060. The number of fused-ring (bicyclic) bond motifs is 1. The minimum atomic E-state index is -0.285. The third-order valence-corrected chi connectivity index (χ3v) is 6.66. The first kappa shape index (κ1) is 16.8. The van der Waals surface area contributed by atoms with Crippen LogP contribution in [0.4, 0.5) is 10.1 Å². The summed E-state index contributed by atoms with van der Waals surface area (Å²) in [6, 6.07) is 5.10. The Balaban J connectivity index is 1.67. The van der Waals surface area contributed by atoms with Crippen LogP contribution in [0.1, 0.15) is 49.3 Å². The quantitative estimate of drug-likeness (QED) is 0.906. The van der Waals surface area contributed by atoms with E-state index in [1.165, 1.54) is 12.1 Å². The number of rotatable bonds is 3. The fourth-order valence-corrected chi connectivity index (χ4v) is 4.79. The highest BCUT2D eigenvalue weighted by molar-refractivity contribution is 5.89. The number of nitrogens with zero attached hydrogens (tertiary/aromatic N) is 3. The molecule has 2 aliphatic carbocycles. The topological polar surface area (TPSA) is 75.1 Å². The Kier molecular flexibility index (Phi) is 3.45. The minimum absolute atomic E-state index is 0.0617. The first-order valence-corrected chi connectivity index (χ1v) is 9.75. The lowest BCUT2D eigenvalue weighted by Crippen LogP contribution is -2.35. The minimum Gasteiger partial charge on any atom is -0.369 e. The number of nitriles is 1. The van der Waals surface area contributed by atoms with Crippen LogP contribution in [-0.2, 0) is 0 Å². The Morgan fingerprint density at radius 1 is 1.30 bits per heavy atom. The molecule has 2 N–H and O–H groups in total. The lowest BCUT2D eigenvalue weighted by Gasteiger charge is -2.25. The molecule has 6 heteroatoms. The third kappa shape index (κ3) is 2.49. The van der Waals surface area contributed by atoms with Crippen molar-refractivity contribution in [3.8, 4) is 6.07 Å². The number of hydrogen-bond donors (Lipinski definition) is 1. The van der Waals surface area contributed by atoms with Gasteiger partial charge in [-0.15, -0.1) is 0 Å². The van der Waals surface area contributed by atoms with Gasteiger partial charge in [0, 0.05) is 30.1 Å². The molecule has 2 aromatic rings. The summed E-state index contributed by atoms with van der Waals surface area (Å²) >= 11 is 0. The van der Waals surface area contributed by atoms with E-state index < -0.39 is 0 Å². The molecule has 1 aromatic heterocycles. The highest BCUT2D eigenvalue weighted by Gasteiger charge is 2.48. The summed E-state index contributed by atoms with van der Waals surface area (Å²) in [5.41, 5.74) is 8.31. The highest BCUT2D eigenvalue weighted by Crippen LogP contribution is 2.46. The zero-order chi connectivity index (χ0) is 18.9. The summed E-state index contributed by atoms with van der Waals surface area (Å²) in [6.45, 7) is 3.45. The molecule has 27 heavy (non-hydrogen) atoms. The fourth-order valence-electron chi connectivity index (χ4n) is 4.79. The molecule has 0 radical (unpaired) electrons. The molecule has 0 bridgehead atoms. The van der Waals surface area contributed by atoms with Gasteiger partial charge in [-0.05, 0) is 62.6 Å². The van der Waals surface area contributed by atoms with Gasteiger partial charge in [-0.2, -0.15) is 5.26 Å². The van der Waals surface area contributed by atoms with Crippen molar-refractivity contribution in [2.24, 2.45) is 11.7 Å². The van der Waals surface area contributed by atoms with Gasteiger partial charge < -0.3 is 15.2 Å². The van der Waals surface area contributed by atoms with Crippen LogP contribution < -0.4 is 16.2 Å². The van der Waals surface area contributed by atoms with Gasteiger partial charge in [0.05, 0.1) is 11.2 Å². The van der Waals surface area contributed by atoms with Crippen LogP contribution in [0.25, 0.3) is 10.9 Å². The van der Waals surface area contributed by atoms with Gasteiger partial charge in [0.15, 0.2) is 0 Å². The number of hydrogen-bond acceptors (Lipinski definition) is 4. The van der Waals surface area contributed by atoms with Gasteiger partial charge >= 0.3 is 0 Å². The second-order valence-corrected chi connectivity index (χ2v) is 8.51. The normalized spacial score (nSPS) is 23.6. The van der Waals surface area contributed by atoms with Crippen molar-refractivity contribution >= 4 is 16.6 Å². The Labute approximate surface area is 157 Å². The van der Waals surface area contributed by atoms with E-state index >= 15 is 4.39 Å². The lowest BCUT2D eigenvalue weighted by atomic mass is 9.97. The molecular formula is C21H23FN4O. The molecule has 0 unspecified atom stereocenters. The van der Waals surface area contributed by atoms with Crippen molar-refractivity contribution in [1.82, 2.24) is 4.57 Å². The number of aryl methyl sites for hydroxylation is 1. The van der Waals surface area contributed by atoms with Crippen LogP contribution in [0.3, 0.4) is 0 Å². The number of halogens is 1. The second-order valence-electron chi connectivity index (χ2n) is 8.51. The molecule has 5 nitrogen and oxygen atoms in total. The maximum atomic E-state index is 15.1. The van der Waals surface area contributed by atoms with Gasteiger partial charge in [-0.1, -0.05) is 0 Å². The summed E-state index contributed by atoms with van der Waals surface area (Å²) < 4.78 is 16.8. The van der Waals surface area contributed by atoms with Crippen LogP contribution >= 0.6 is 0 Å². The number of anilines is 1. The smallest absolute Gasteiger partial charge is 0.269 e. The van der Waals surface area contributed by atoms with Crippen molar-refractivity contribution in [3.63, 3.8) is 0 Å². The number of pyridine rings is 1. The van der Waals surface area contributed by atoms with Crippen LogP contribution in [-0.4, -0.2) is 23.2 Å². The average Bonchev–Trinajstić information content (AvgIpc) is 3.56. The summed E-state index contributed by atoms with van der Waals surface area (Å²) in [4.78, 5) is 14.9. The van der Waals surface area contributed by atoms with Gasteiger partial charge in [0.25, 0.3) is 5.56 Å². The summed E-state index contributed by atoms with van der Waals surface area (Å²) in [7, 11) is 0. The lowest BCUT2D eigenvalue weighted by molar-refractivity contribution is 0.442. The van der Waals surface area contributed by atoms with E-state index in [4.69, 9.17) is 5.73 Å². The van der Waals surface area contributed by atoms with Crippen LogP contribution in [0.15, 0.2) is 16.9 Å². The SMILES string of the molecule is Cc1c(N2CC[C@@H](C3(N)CC3)C2)c(F)cc2cc(C#N)c(=O)n(C3CC3)c12. The predicted octanol–water partition coefficient (Wildman–Crippen LogP) is 2.97. The van der Waals surface area contributed by atoms with E-state index in [1.807, 2.05) is 13.0 Å². The molecule has 0 amide bonds. The summed E-state index contributed by atoms with van der Waals surface area (Å²) in [5.74, 6) is 0.117. The monoisotopic (exact) mass is 366 g/mol. The van der Waals surface area contributed by atoms with E-state index in [1.54, 1.807) is 4.57 Å². The molecule has 3 aliphatic rings. The van der Waals surface area contributed by atoms with E-state index in [2.05, 4.69) is 4.90 Å². The van der Waals surface area contributed by atoms with E-state index in [-0.39, 0.29) is 28.5 Å². The van der Waals surface area contributed by atoms with Crippen molar-refractivity contribution in [3.05, 3.63) is 39.4 Å². The van der Waals surface area contributed by atoms with Crippen molar-refractivity contribution in [2.75, 3.05) is 18.0 Å². The highest BCUT2D eigenvalue weighted by atomic mass is 19.1. The molecule has 2 saturated carbocycles. The largest absolute Gasteiger partial charge is 0.369 e. The molecule has 2 heterocycles. The molecular weight excluding hydrogens is 343 g/mol. The Hall–Kier alpha value is -2.39. The number of benzene rings is 1. The predicted molar refractivity (Wildman–Crippen MR) is 102 cm³/mol. The number of aromatic nitrogens is 1. The van der Waals surface area contributed by atoms with E-state index in [0.29, 0.717) is 17.0 Å². The van der Waals surface area contributed by atoms with Crippen LogP contribution in [0, 0.1) is 30.0 Å². The van der Waals surface area contributed by atoms with Crippen molar-refractivity contribution < 1.29 is 4.39 Å². The summed E-state index contributed by atoms with van der Waals surface area (Å²) in [5, 5.41) is 9.93. The zero-order valence-electron chi connectivity index (χ0n) is 15.5. The first-order valence-electron chi connectivity index (χ1n) is 9.75. The van der Waals surface area contributed by atoms with E-state index in [9.17, 15) is 10.1 Å². The van der Waals surface area contributed by atoms with Gasteiger partial charge in [-0.25, -0.2) is 4.39 Å². The average molecular weight is 366 g/mol. The molecule has 3 fully saturated rings. The third-order valence-electron chi connectivity index (χ3n) is 6.66. The Morgan fingerprint density at radius 3 is 2.67 bits per heavy atom. The standard InChI is InChI=1S/C21H23FN4O/c1-12-18-13(8-14(10-23)20(27)26(18)16-2-3-16)9-17(22)19(12)25-7-4-15(11-25)21(24)5-6-21/h8-9,15-16H,2-7,11,24H2,1H3/t15-/m1/s1. The van der Waals surface area contributed by atoms with Gasteiger partial charge in [0.2, 0.25) is 0 Å². The van der Waals surface area contributed by atoms with E-state index in [0.717, 1.165) is 56.3 Å². The molecule has 5 rings (SSSR count). The van der Waals surface area contributed by atoms with Crippen molar-refractivity contribution in [1.29, 1.82) is 5.26 Å². The Morgan fingerprint density at radius 2 is 2.04 bits per heavy atom. The fraction of sp³-hybridized carbons (Fsp3) is 0.524.